The summed E-state index contributed by atoms with van der Waals surface area (Å²) >= 11 is 1.62. The topological polar surface area (TPSA) is 68.5 Å². The number of hydrogen-bond acceptors (Lipinski definition) is 5. The molecule has 0 bridgehead atoms. The first-order valence-corrected chi connectivity index (χ1v) is 9.02. The highest BCUT2D eigenvalue weighted by Gasteiger charge is 2.33. The molecule has 1 aromatic heterocycles. The van der Waals surface area contributed by atoms with Gasteiger partial charge in [-0.05, 0) is 31.0 Å². The molecule has 0 radical (unpaired) electrons. The molecule has 24 heavy (non-hydrogen) atoms. The number of nitrogens with zero attached hydrogens (tertiary/aromatic N) is 2. The standard InChI is InChI=1S/C18H23N3O2S/c1-12-17(24-11-20-12)6-7-18(22)21-9-15(16(19)10-21)13-4-3-5-14(8-13)23-2/h3-5,8,11,15-16H,6-7,9-10,19H2,1-2H3/t15-,16+/m1/s1. The van der Waals surface area contributed by atoms with Gasteiger partial charge in [0.25, 0.3) is 0 Å². The molecular weight excluding hydrogens is 322 g/mol. The first-order valence-electron chi connectivity index (χ1n) is 8.14. The van der Waals surface area contributed by atoms with E-state index in [2.05, 4.69) is 11.1 Å². The third-order valence-electron chi connectivity index (χ3n) is 4.65. The molecule has 2 N–H and O–H groups in total. The van der Waals surface area contributed by atoms with E-state index in [1.807, 2.05) is 35.5 Å². The van der Waals surface area contributed by atoms with Crippen LogP contribution in [0.2, 0.25) is 0 Å². The molecule has 2 heterocycles. The van der Waals surface area contributed by atoms with Crippen LogP contribution in [-0.4, -0.2) is 42.0 Å². The van der Waals surface area contributed by atoms with Crippen LogP contribution in [0.3, 0.4) is 0 Å². The molecule has 5 nitrogen and oxygen atoms in total. The highest BCUT2D eigenvalue weighted by Crippen LogP contribution is 2.29. The first kappa shape index (κ1) is 16.9. The number of hydrogen-bond donors (Lipinski definition) is 1. The summed E-state index contributed by atoms with van der Waals surface area (Å²) in [5.74, 6) is 1.16. The van der Waals surface area contributed by atoms with Gasteiger partial charge < -0.3 is 15.4 Å². The van der Waals surface area contributed by atoms with Crippen LogP contribution >= 0.6 is 11.3 Å². The van der Waals surface area contributed by atoms with E-state index in [0.717, 1.165) is 23.4 Å². The second-order valence-corrected chi connectivity index (χ2v) is 7.15. The Morgan fingerprint density at radius 3 is 3.00 bits per heavy atom. The molecule has 3 rings (SSSR count). The summed E-state index contributed by atoms with van der Waals surface area (Å²) in [7, 11) is 1.66. The van der Waals surface area contributed by atoms with Crippen LogP contribution in [0.5, 0.6) is 5.75 Å². The molecule has 1 saturated heterocycles. The van der Waals surface area contributed by atoms with Crippen LogP contribution in [0.25, 0.3) is 0 Å². The lowest BCUT2D eigenvalue weighted by atomic mass is 9.95. The summed E-state index contributed by atoms with van der Waals surface area (Å²) in [6, 6.07) is 7.93. The molecule has 2 atom stereocenters. The minimum absolute atomic E-state index is 0.0359. The van der Waals surface area contributed by atoms with Gasteiger partial charge >= 0.3 is 0 Å². The minimum atomic E-state index is -0.0359. The number of likely N-dealkylation sites (tertiary alicyclic amines) is 1. The Morgan fingerprint density at radius 2 is 2.29 bits per heavy atom. The summed E-state index contributed by atoms with van der Waals surface area (Å²) < 4.78 is 5.29. The number of aromatic nitrogens is 1. The number of methoxy groups -OCH3 is 1. The van der Waals surface area contributed by atoms with E-state index >= 15 is 0 Å². The lowest BCUT2D eigenvalue weighted by Crippen LogP contribution is -2.32. The van der Waals surface area contributed by atoms with E-state index in [1.165, 1.54) is 4.88 Å². The van der Waals surface area contributed by atoms with Gasteiger partial charge in [0.2, 0.25) is 5.91 Å². The molecule has 0 aliphatic carbocycles. The zero-order valence-corrected chi connectivity index (χ0v) is 14.9. The normalized spacial score (nSPS) is 20.4. The maximum absolute atomic E-state index is 12.5. The van der Waals surface area contributed by atoms with Crippen molar-refractivity contribution in [1.82, 2.24) is 9.88 Å². The Hall–Kier alpha value is -1.92. The van der Waals surface area contributed by atoms with E-state index in [4.69, 9.17) is 10.5 Å². The van der Waals surface area contributed by atoms with Gasteiger partial charge in [0.1, 0.15) is 5.75 Å². The summed E-state index contributed by atoms with van der Waals surface area (Å²) in [5, 5.41) is 0. The highest BCUT2D eigenvalue weighted by molar-refractivity contribution is 7.09. The predicted octanol–water partition coefficient (Wildman–Crippen LogP) is 2.35. The van der Waals surface area contributed by atoms with Gasteiger partial charge in [-0.15, -0.1) is 11.3 Å². The van der Waals surface area contributed by atoms with E-state index in [9.17, 15) is 4.79 Å². The number of benzene rings is 1. The molecule has 0 unspecified atom stereocenters. The fourth-order valence-electron chi connectivity index (χ4n) is 3.20. The molecular formula is C18H23N3O2S. The summed E-state index contributed by atoms with van der Waals surface area (Å²) in [4.78, 5) is 19.8. The van der Waals surface area contributed by atoms with Crippen molar-refractivity contribution in [3.8, 4) is 5.75 Å². The number of amides is 1. The van der Waals surface area contributed by atoms with E-state index in [-0.39, 0.29) is 17.9 Å². The fraction of sp³-hybridized carbons (Fsp3) is 0.444. The third-order valence-corrected chi connectivity index (χ3v) is 5.65. The van der Waals surface area contributed by atoms with Gasteiger partial charge in [-0.3, -0.25) is 4.79 Å². The first-order chi connectivity index (χ1) is 11.6. The maximum atomic E-state index is 12.5. The van der Waals surface area contributed by atoms with Crippen LogP contribution in [0.4, 0.5) is 0 Å². The minimum Gasteiger partial charge on any atom is -0.497 e. The average molecular weight is 345 g/mol. The number of carbonyl (C=O) groups is 1. The van der Waals surface area contributed by atoms with Crippen molar-refractivity contribution < 1.29 is 9.53 Å². The Kier molecular flexibility index (Phi) is 5.16. The van der Waals surface area contributed by atoms with Gasteiger partial charge in [0.05, 0.1) is 18.3 Å². The number of ether oxygens (including phenoxy) is 1. The van der Waals surface area contributed by atoms with Crippen LogP contribution in [0, 0.1) is 6.92 Å². The van der Waals surface area contributed by atoms with Crippen molar-refractivity contribution in [2.24, 2.45) is 5.73 Å². The molecule has 1 aliphatic heterocycles. The molecule has 1 fully saturated rings. The van der Waals surface area contributed by atoms with Crippen molar-refractivity contribution >= 4 is 17.2 Å². The molecule has 2 aromatic rings. The van der Waals surface area contributed by atoms with Crippen molar-refractivity contribution in [1.29, 1.82) is 0 Å². The van der Waals surface area contributed by atoms with Crippen molar-refractivity contribution in [2.75, 3.05) is 20.2 Å². The summed E-state index contributed by atoms with van der Waals surface area (Å²) in [6.07, 6.45) is 1.27. The Morgan fingerprint density at radius 1 is 1.46 bits per heavy atom. The Bertz CT molecular complexity index is 716. The van der Waals surface area contributed by atoms with E-state index < -0.39 is 0 Å². The SMILES string of the molecule is COc1cccc([C@H]2CN(C(=O)CCc3scnc3C)C[C@@H]2N)c1. The van der Waals surface area contributed by atoms with Gasteiger partial charge in [-0.1, -0.05) is 12.1 Å². The molecule has 1 aliphatic rings. The number of carbonyl (C=O) groups excluding carboxylic acids is 1. The summed E-state index contributed by atoms with van der Waals surface area (Å²) in [6.45, 7) is 3.28. The third kappa shape index (κ3) is 3.60. The van der Waals surface area contributed by atoms with Gasteiger partial charge in [0, 0.05) is 36.3 Å². The van der Waals surface area contributed by atoms with Crippen LogP contribution in [-0.2, 0) is 11.2 Å². The van der Waals surface area contributed by atoms with Crippen LogP contribution in [0.15, 0.2) is 29.8 Å². The smallest absolute Gasteiger partial charge is 0.223 e. The molecule has 6 heteroatoms. The quantitative estimate of drug-likeness (QED) is 0.903. The molecule has 1 aromatic carbocycles. The van der Waals surface area contributed by atoms with Crippen molar-refractivity contribution in [2.45, 2.75) is 31.7 Å². The number of rotatable bonds is 5. The zero-order chi connectivity index (χ0) is 17.1. The monoisotopic (exact) mass is 345 g/mol. The number of aryl methyl sites for hydroxylation is 2. The van der Waals surface area contributed by atoms with Crippen molar-refractivity contribution in [3.63, 3.8) is 0 Å². The molecule has 0 spiro atoms. The fourth-order valence-corrected chi connectivity index (χ4v) is 3.98. The predicted molar refractivity (Wildman–Crippen MR) is 95.5 cm³/mol. The second-order valence-electron chi connectivity index (χ2n) is 6.21. The van der Waals surface area contributed by atoms with Gasteiger partial charge in [0.15, 0.2) is 0 Å². The molecule has 1 amide bonds. The zero-order valence-electron chi connectivity index (χ0n) is 14.1. The lowest BCUT2D eigenvalue weighted by molar-refractivity contribution is -0.130. The van der Waals surface area contributed by atoms with Gasteiger partial charge in [-0.2, -0.15) is 0 Å². The van der Waals surface area contributed by atoms with Gasteiger partial charge in [-0.25, -0.2) is 4.98 Å². The van der Waals surface area contributed by atoms with Crippen LogP contribution in [0.1, 0.15) is 28.5 Å². The molecule has 128 valence electrons. The Balaban J connectivity index is 1.62. The highest BCUT2D eigenvalue weighted by atomic mass is 32.1. The lowest BCUT2D eigenvalue weighted by Gasteiger charge is -2.17. The molecule has 0 saturated carbocycles. The number of nitrogens with two attached hydrogens (primary N) is 1. The van der Waals surface area contributed by atoms with Crippen molar-refractivity contribution in [3.05, 3.63) is 45.9 Å². The van der Waals surface area contributed by atoms with E-state index in [1.54, 1.807) is 18.4 Å². The number of thiazole rings is 1. The average Bonchev–Trinajstić information content (AvgIpc) is 3.18. The largest absolute Gasteiger partial charge is 0.497 e. The summed E-state index contributed by atoms with van der Waals surface area (Å²) in [5.41, 5.74) is 10.3. The van der Waals surface area contributed by atoms with Crippen LogP contribution < -0.4 is 10.5 Å². The Labute approximate surface area is 146 Å². The second kappa shape index (κ2) is 7.32. The van der Waals surface area contributed by atoms with E-state index in [0.29, 0.717) is 19.5 Å². The maximum Gasteiger partial charge on any atom is 0.223 e.